The van der Waals surface area contributed by atoms with Crippen molar-refractivity contribution in [1.29, 1.82) is 0 Å². The maximum Gasteiger partial charge on any atom is 0.356 e. The Morgan fingerprint density at radius 1 is 1.47 bits per heavy atom. The van der Waals surface area contributed by atoms with Crippen LogP contribution in [-0.2, 0) is 10.8 Å². The molecule has 1 amide bonds. The van der Waals surface area contributed by atoms with E-state index in [0.717, 1.165) is 6.07 Å². The minimum Gasteiger partial charge on any atom is -0.480 e. The molecule has 0 fully saturated rings. The van der Waals surface area contributed by atoms with Crippen molar-refractivity contribution >= 4 is 27.8 Å². The van der Waals surface area contributed by atoms with Gasteiger partial charge in [0.15, 0.2) is 0 Å². The number of halogens is 3. The molecule has 1 aromatic rings. The molecule has 1 aromatic carbocycles. The summed E-state index contributed by atoms with van der Waals surface area (Å²) in [6.45, 7) is -1.03. The highest BCUT2D eigenvalue weighted by Gasteiger charge is 2.52. The Morgan fingerprint density at radius 3 is 2.65 bits per heavy atom. The molecule has 1 N–H and O–H groups in total. The Morgan fingerprint density at radius 2 is 2.12 bits per heavy atom. The molecule has 0 atom stereocenters. The van der Waals surface area contributed by atoms with Crippen LogP contribution < -0.4 is 0 Å². The van der Waals surface area contributed by atoms with Crippen molar-refractivity contribution < 1.29 is 23.5 Å². The molecule has 0 spiro atoms. The monoisotopic (exact) mass is 305 g/mol. The van der Waals surface area contributed by atoms with E-state index in [-0.39, 0.29) is 14.9 Å². The average molecular weight is 306 g/mol. The van der Waals surface area contributed by atoms with E-state index in [0.29, 0.717) is 0 Å². The van der Waals surface area contributed by atoms with Gasteiger partial charge in [0, 0.05) is 4.47 Å². The van der Waals surface area contributed by atoms with Crippen molar-refractivity contribution in [3.63, 3.8) is 0 Å². The molecular formula is C10H6BrF2NO3. The number of rotatable bonds is 2. The molecule has 0 unspecified atom stereocenters. The summed E-state index contributed by atoms with van der Waals surface area (Å²) in [6, 6.07) is 0.347. The van der Waals surface area contributed by atoms with Crippen LogP contribution >= 0.6 is 15.9 Å². The molecular weight excluding hydrogens is 300 g/mol. The zero-order valence-electron chi connectivity index (χ0n) is 8.28. The van der Waals surface area contributed by atoms with E-state index < -0.39 is 30.0 Å². The van der Waals surface area contributed by atoms with Gasteiger partial charge in [-0.1, -0.05) is 12.1 Å². The van der Waals surface area contributed by atoms with Crippen LogP contribution in [0, 0.1) is 0 Å². The van der Waals surface area contributed by atoms with E-state index >= 15 is 0 Å². The predicted octanol–water partition coefficient (Wildman–Crippen LogP) is 2.04. The van der Waals surface area contributed by atoms with E-state index in [1.165, 1.54) is 12.1 Å². The summed E-state index contributed by atoms with van der Waals surface area (Å²) in [5.74, 6) is -2.47. The fraction of sp³-hybridized carbons (Fsp3) is 0.200. The van der Waals surface area contributed by atoms with Crippen molar-refractivity contribution in [2.45, 2.75) is 6.05 Å². The van der Waals surface area contributed by atoms with Crippen molar-refractivity contribution in [2.24, 2.45) is 0 Å². The summed E-state index contributed by atoms with van der Waals surface area (Å²) >= 11 is 3.00. The molecule has 17 heavy (non-hydrogen) atoms. The lowest BCUT2D eigenvalue weighted by Gasteiger charge is -2.22. The van der Waals surface area contributed by atoms with Gasteiger partial charge in [-0.05, 0) is 22.0 Å². The summed E-state index contributed by atoms with van der Waals surface area (Å²) in [6.07, 6.45) is 0. The Bertz CT molecular complexity index is 518. The maximum atomic E-state index is 13.8. The third-order valence-corrected chi connectivity index (χ3v) is 3.09. The van der Waals surface area contributed by atoms with Crippen LogP contribution in [-0.4, -0.2) is 28.4 Å². The molecule has 90 valence electrons. The van der Waals surface area contributed by atoms with E-state index in [9.17, 15) is 18.4 Å². The van der Waals surface area contributed by atoms with Crippen LogP contribution in [0.3, 0.4) is 0 Å². The highest BCUT2D eigenvalue weighted by atomic mass is 79.9. The van der Waals surface area contributed by atoms with Gasteiger partial charge < -0.3 is 5.11 Å². The molecule has 1 aliphatic rings. The highest BCUT2D eigenvalue weighted by Crippen LogP contribution is 2.43. The topological polar surface area (TPSA) is 57.6 Å². The lowest BCUT2D eigenvalue weighted by atomic mass is 10.1. The second kappa shape index (κ2) is 3.76. The fourth-order valence-electron chi connectivity index (χ4n) is 1.71. The predicted molar refractivity (Wildman–Crippen MR) is 56.7 cm³/mol. The van der Waals surface area contributed by atoms with Crippen LogP contribution in [0.4, 0.5) is 8.78 Å². The van der Waals surface area contributed by atoms with Gasteiger partial charge in [0.25, 0.3) is 5.91 Å². The number of carbonyl (C=O) groups is 2. The van der Waals surface area contributed by atoms with Gasteiger partial charge >= 0.3 is 12.0 Å². The lowest BCUT2D eigenvalue weighted by Crippen LogP contribution is -2.40. The van der Waals surface area contributed by atoms with Crippen LogP contribution in [0.15, 0.2) is 22.7 Å². The molecule has 2 rings (SSSR count). The molecule has 1 heterocycles. The van der Waals surface area contributed by atoms with Crippen LogP contribution in [0.5, 0.6) is 0 Å². The third kappa shape index (κ3) is 1.70. The van der Waals surface area contributed by atoms with Crippen LogP contribution in [0.1, 0.15) is 15.9 Å². The fourth-order valence-corrected chi connectivity index (χ4v) is 2.24. The zero-order valence-corrected chi connectivity index (χ0v) is 9.87. The van der Waals surface area contributed by atoms with Gasteiger partial charge in [0.05, 0.1) is 11.1 Å². The summed E-state index contributed by atoms with van der Waals surface area (Å²) < 4.78 is 27.9. The van der Waals surface area contributed by atoms with Gasteiger partial charge in [0.2, 0.25) is 0 Å². The molecule has 4 nitrogen and oxygen atoms in total. The number of benzene rings is 1. The standard InChI is InChI=1S/C10H6BrF2NO3/c11-6-3-1-2-5-8(6)9(17)14(4-7(15)16)10(5,12)13/h1-3H,4H2,(H,15,16). The van der Waals surface area contributed by atoms with Crippen molar-refractivity contribution in [3.8, 4) is 0 Å². The summed E-state index contributed by atoms with van der Waals surface area (Å²) in [5.41, 5.74) is -0.656. The summed E-state index contributed by atoms with van der Waals surface area (Å²) in [4.78, 5) is 22.3. The molecule has 7 heteroatoms. The minimum absolute atomic E-state index is 0.0464. The molecule has 0 aliphatic carbocycles. The molecule has 0 saturated carbocycles. The number of amides is 1. The number of alkyl halides is 2. The van der Waals surface area contributed by atoms with E-state index in [2.05, 4.69) is 15.9 Å². The number of nitrogens with zero attached hydrogens (tertiary/aromatic N) is 1. The van der Waals surface area contributed by atoms with Gasteiger partial charge in [-0.2, -0.15) is 8.78 Å². The van der Waals surface area contributed by atoms with Gasteiger partial charge in [-0.3, -0.25) is 14.5 Å². The molecule has 1 aliphatic heterocycles. The molecule has 0 saturated heterocycles. The molecule has 0 bridgehead atoms. The van der Waals surface area contributed by atoms with Crippen molar-refractivity contribution in [2.75, 3.05) is 6.54 Å². The summed E-state index contributed by atoms with van der Waals surface area (Å²) in [7, 11) is 0. The first-order valence-corrected chi connectivity index (χ1v) is 5.35. The minimum atomic E-state index is -3.59. The second-order valence-electron chi connectivity index (χ2n) is 3.49. The maximum absolute atomic E-state index is 13.8. The second-order valence-corrected chi connectivity index (χ2v) is 4.34. The van der Waals surface area contributed by atoms with Gasteiger partial charge in [-0.15, -0.1) is 0 Å². The average Bonchev–Trinajstić information content (AvgIpc) is 2.41. The molecule has 0 aromatic heterocycles. The Hall–Kier alpha value is -1.50. The zero-order chi connectivity index (χ0) is 12.8. The first kappa shape index (κ1) is 12.0. The van der Waals surface area contributed by atoms with Gasteiger partial charge in [0.1, 0.15) is 6.54 Å². The number of aliphatic carboxylic acids is 1. The quantitative estimate of drug-likeness (QED) is 0.851. The van der Waals surface area contributed by atoms with Gasteiger partial charge in [-0.25, -0.2) is 0 Å². The normalized spacial score (nSPS) is 17.1. The van der Waals surface area contributed by atoms with Crippen LogP contribution in [0.2, 0.25) is 0 Å². The number of hydrogen-bond acceptors (Lipinski definition) is 2. The lowest BCUT2D eigenvalue weighted by molar-refractivity contribution is -0.154. The largest absolute Gasteiger partial charge is 0.480 e. The number of fused-ring (bicyclic) bond motifs is 1. The SMILES string of the molecule is O=C(O)CN1C(=O)c2c(Br)cccc2C1(F)F. The molecule has 0 radical (unpaired) electrons. The van der Waals surface area contributed by atoms with Crippen molar-refractivity contribution in [3.05, 3.63) is 33.8 Å². The number of carbonyl (C=O) groups excluding carboxylic acids is 1. The Kier molecular flexibility index (Phi) is 2.65. The Labute approximate surface area is 103 Å². The van der Waals surface area contributed by atoms with E-state index in [1.54, 1.807) is 0 Å². The number of carboxylic acids is 1. The van der Waals surface area contributed by atoms with Crippen molar-refractivity contribution in [1.82, 2.24) is 4.90 Å². The Balaban J connectivity index is 2.56. The number of hydrogen-bond donors (Lipinski definition) is 1. The van der Waals surface area contributed by atoms with E-state index in [4.69, 9.17) is 5.11 Å². The third-order valence-electron chi connectivity index (χ3n) is 2.43. The van der Waals surface area contributed by atoms with Crippen LogP contribution in [0.25, 0.3) is 0 Å². The van der Waals surface area contributed by atoms with E-state index in [1.807, 2.05) is 0 Å². The smallest absolute Gasteiger partial charge is 0.356 e. The first-order valence-electron chi connectivity index (χ1n) is 4.56. The summed E-state index contributed by atoms with van der Waals surface area (Å²) in [5, 5.41) is 8.53. The number of carboxylic acid groups (broad SMARTS) is 1. The highest BCUT2D eigenvalue weighted by molar-refractivity contribution is 9.10. The first-order chi connectivity index (χ1) is 7.85.